The summed E-state index contributed by atoms with van der Waals surface area (Å²) in [5.41, 5.74) is 11.9. The lowest BCUT2D eigenvalue weighted by Crippen LogP contribution is -1.98. The van der Waals surface area contributed by atoms with Crippen LogP contribution in [0.1, 0.15) is 11.1 Å². The molecule has 2 heterocycles. The summed E-state index contributed by atoms with van der Waals surface area (Å²) in [6.07, 6.45) is 5.52. The quantitative estimate of drug-likeness (QED) is 0.776. The highest BCUT2D eigenvalue weighted by Crippen LogP contribution is 2.26. The van der Waals surface area contributed by atoms with E-state index >= 15 is 0 Å². The van der Waals surface area contributed by atoms with Gasteiger partial charge in [-0.15, -0.1) is 0 Å². The van der Waals surface area contributed by atoms with E-state index in [9.17, 15) is 0 Å². The summed E-state index contributed by atoms with van der Waals surface area (Å²) in [6.45, 7) is 4.15. The number of hydrogen-bond acceptors (Lipinski definition) is 3. The number of nitrogens with zero attached hydrogens (tertiary/aromatic N) is 4. The van der Waals surface area contributed by atoms with E-state index in [1.807, 2.05) is 24.1 Å². The van der Waals surface area contributed by atoms with Crippen molar-refractivity contribution in [1.82, 2.24) is 19.6 Å². The molecule has 0 aliphatic rings. The van der Waals surface area contributed by atoms with Crippen molar-refractivity contribution in [3.63, 3.8) is 0 Å². The van der Waals surface area contributed by atoms with E-state index in [-0.39, 0.29) is 0 Å². The summed E-state index contributed by atoms with van der Waals surface area (Å²) in [5.74, 6) is 0. The molecule has 102 valence electrons. The van der Waals surface area contributed by atoms with Crippen molar-refractivity contribution in [3.05, 3.63) is 47.9 Å². The molecular weight excluding hydrogens is 250 g/mol. The number of aromatic nitrogens is 4. The first-order chi connectivity index (χ1) is 9.54. The van der Waals surface area contributed by atoms with Gasteiger partial charge in [-0.1, -0.05) is 17.7 Å². The van der Waals surface area contributed by atoms with Crippen LogP contribution in [-0.2, 0) is 7.05 Å². The second-order valence-electron chi connectivity index (χ2n) is 5.07. The van der Waals surface area contributed by atoms with Crippen LogP contribution < -0.4 is 5.73 Å². The monoisotopic (exact) mass is 267 g/mol. The molecule has 0 bridgehead atoms. The van der Waals surface area contributed by atoms with Crippen LogP contribution in [0.5, 0.6) is 0 Å². The maximum Gasteiger partial charge on any atom is 0.119 e. The van der Waals surface area contributed by atoms with Crippen LogP contribution in [0.15, 0.2) is 36.8 Å². The van der Waals surface area contributed by atoms with Gasteiger partial charge in [-0.2, -0.15) is 10.2 Å². The Morgan fingerprint density at radius 2 is 1.95 bits per heavy atom. The first-order valence-electron chi connectivity index (χ1n) is 6.46. The van der Waals surface area contributed by atoms with Crippen LogP contribution in [0.25, 0.3) is 16.9 Å². The Hall–Kier alpha value is -2.56. The lowest BCUT2D eigenvalue weighted by atomic mass is 10.1. The summed E-state index contributed by atoms with van der Waals surface area (Å²) in [6, 6.07) is 6.27. The number of aryl methyl sites for hydroxylation is 3. The topological polar surface area (TPSA) is 61.7 Å². The van der Waals surface area contributed by atoms with Gasteiger partial charge in [0.15, 0.2) is 0 Å². The molecule has 0 saturated heterocycles. The smallest absolute Gasteiger partial charge is 0.119 e. The highest BCUT2D eigenvalue weighted by Gasteiger charge is 2.12. The first kappa shape index (κ1) is 12.5. The van der Waals surface area contributed by atoms with Crippen molar-refractivity contribution >= 4 is 5.69 Å². The van der Waals surface area contributed by atoms with E-state index in [2.05, 4.69) is 42.2 Å². The minimum absolute atomic E-state index is 0.651. The zero-order valence-electron chi connectivity index (χ0n) is 11.8. The summed E-state index contributed by atoms with van der Waals surface area (Å²) in [7, 11) is 1.88. The highest BCUT2D eigenvalue weighted by molar-refractivity contribution is 5.71. The molecule has 2 N–H and O–H groups in total. The lowest BCUT2D eigenvalue weighted by molar-refractivity contribution is 0.768. The Balaban J connectivity index is 2.08. The van der Waals surface area contributed by atoms with Gasteiger partial charge in [0.05, 0.1) is 23.8 Å². The van der Waals surface area contributed by atoms with E-state index in [0.717, 1.165) is 16.9 Å². The van der Waals surface area contributed by atoms with Crippen LogP contribution >= 0.6 is 0 Å². The van der Waals surface area contributed by atoms with Gasteiger partial charge < -0.3 is 5.73 Å². The summed E-state index contributed by atoms with van der Waals surface area (Å²) < 4.78 is 3.57. The summed E-state index contributed by atoms with van der Waals surface area (Å²) in [5, 5.41) is 8.75. The molecule has 5 nitrogen and oxygen atoms in total. The number of hydrogen-bond donors (Lipinski definition) is 1. The molecule has 2 aromatic heterocycles. The molecule has 0 fully saturated rings. The van der Waals surface area contributed by atoms with Crippen molar-refractivity contribution in [2.75, 3.05) is 5.73 Å². The Kier molecular flexibility index (Phi) is 2.82. The van der Waals surface area contributed by atoms with Crippen LogP contribution in [0, 0.1) is 13.8 Å². The molecular formula is C15H17N5. The second-order valence-corrected chi connectivity index (χ2v) is 5.07. The van der Waals surface area contributed by atoms with Gasteiger partial charge in [-0.05, 0) is 25.5 Å². The van der Waals surface area contributed by atoms with E-state index < -0.39 is 0 Å². The SMILES string of the molecule is Cc1ccc(-n2cc(N)c(-c3cnn(C)c3)n2)c(C)c1. The third-order valence-corrected chi connectivity index (χ3v) is 3.32. The molecule has 3 rings (SSSR count). The molecule has 0 unspecified atom stereocenters. The normalized spacial score (nSPS) is 10.9. The minimum atomic E-state index is 0.651. The average Bonchev–Trinajstić information content (AvgIpc) is 2.95. The zero-order chi connectivity index (χ0) is 14.3. The van der Waals surface area contributed by atoms with Crippen LogP contribution in [0.2, 0.25) is 0 Å². The van der Waals surface area contributed by atoms with Gasteiger partial charge in [0, 0.05) is 18.8 Å². The molecule has 0 atom stereocenters. The fraction of sp³-hybridized carbons (Fsp3) is 0.200. The van der Waals surface area contributed by atoms with Gasteiger partial charge in [0.25, 0.3) is 0 Å². The maximum atomic E-state index is 6.08. The van der Waals surface area contributed by atoms with Crippen LogP contribution in [0.4, 0.5) is 5.69 Å². The molecule has 3 aromatic rings. The van der Waals surface area contributed by atoms with E-state index in [1.165, 1.54) is 11.1 Å². The molecule has 20 heavy (non-hydrogen) atoms. The Morgan fingerprint density at radius 1 is 1.15 bits per heavy atom. The first-order valence-corrected chi connectivity index (χ1v) is 6.46. The van der Waals surface area contributed by atoms with Gasteiger partial charge >= 0.3 is 0 Å². The highest BCUT2D eigenvalue weighted by atomic mass is 15.3. The largest absolute Gasteiger partial charge is 0.396 e. The maximum absolute atomic E-state index is 6.08. The van der Waals surface area contributed by atoms with Gasteiger partial charge in [0.2, 0.25) is 0 Å². The van der Waals surface area contributed by atoms with Crippen LogP contribution in [0.3, 0.4) is 0 Å². The number of nitrogen functional groups attached to an aromatic ring is 1. The number of anilines is 1. The Labute approximate surface area is 117 Å². The Morgan fingerprint density at radius 3 is 2.60 bits per heavy atom. The molecule has 0 amide bonds. The van der Waals surface area contributed by atoms with Crippen molar-refractivity contribution < 1.29 is 0 Å². The standard InChI is InChI=1S/C15H17N5/c1-10-4-5-14(11(2)6-10)20-9-13(16)15(18-20)12-7-17-19(3)8-12/h4-9H,16H2,1-3H3. The molecule has 0 aliphatic heterocycles. The second kappa shape index (κ2) is 4.52. The fourth-order valence-corrected chi connectivity index (χ4v) is 2.34. The lowest BCUT2D eigenvalue weighted by Gasteiger charge is -2.06. The molecule has 5 heteroatoms. The molecule has 0 spiro atoms. The third-order valence-electron chi connectivity index (χ3n) is 3.32. The molecule has 0 aliphatic carbocycles. The van der Waals surface area contributed by atoms with Crippen molar-refractivity contribution in [2.24, 2.45) is 7.05 Å². The van der Waals surface area contributed by atoms with Crippen molar-refractivity contribution in [3.8, 4) is 16.9 Å². The minimum Gasteiger partial charge on any atom is -0.396 e. The zero-order valence-corrected chi connectivity index (χ0v) is 11.8. The van der Waals surface area contributed by atoms with Crippen molar-refractivity contribution in [2.45, 2.75) is 13.8 Å². The van der Waals surface area contributed by atoms with E-state index in [0.29, 0.717) is 5.69 Å². The molecule has 0 saturated carbocycles. The summed E-state index contributed by atoms with van der Waals surface area (Å²) >= 11 is 0. The van der Waals surface area contributed by atoms with Gasteiger partial charge in [-0.3, -0.25) is 4.68 Å². The number of rotatable bonds is 2. The third kappa shape index (κ3) is 2.07. The predicted octanol–water partition coefficient (Wildman–Crippen LogP) is 2.47. The van der Waals surface area contributed by atoms with E-state index in [4.69, 9.17) is 5.73 Å². The van der Waals surface area contributed by atoms with E-state index in [1.54, 1.807) is 10.9 Å². The fourth-order valence-electron chi connectivity index (χ4n) is 2.34. The Bertz CT molecular complexity index is 766. The number of benzene rings is 1. The van der Waals surface area contributed by atoms with Crippen molar-refractivity contribution in [1.29, 1.82) is 0 Å². The van der Waals surface area contributed by atoms with Gasteiger partial charge in [0.1, 0.15) is 5.69 Å². The number of nitrogens with two attached hydrogens (primary N) is 1. The molecule has 0 radical (unpaired) electrons. The summed E-state index contributed by atoms with van der Waals surface area (Å²) in [4.78, 5) is 0. The predicted molar refractivity (Wildman–Crippen MR) is 79.7 cm³/mol. The van der Waals surface area contributed by atoms with Crippen LogP contribution in [-0.4, -0.2) is 19.6 Å². The average molecular weight is 267 g/mol. The van der Waals surface area contributed by atoms with Gasteiger partial charge in [-0.25, -0.2) is 4.68 Å². The molecule has 1 aromatic carbocycles.